The van der Waals surface area contributed by atoms with Crippen LogP contribution in [0.3, 0.4) is 0 Å². The van der Waals surface area contributed by atoms with E-state index >= 15 is 0 Å². The van der Waals surface area contributed by atoms with Crippen LogP contribution in [0.5, 0.6) is 0 Å². The van der Waals surface area contributed by atoms with Gasteiger partial charge >= 0.3 is 0 Å². The van der Waals surface area contributed by atoms with Crippen molar-refractivity contribution in [1.82, 2.24) is 10.2 Å². The van der Waals surface area contributed by atoms with Crippen molar-refractivity contribution in [2.75, 3.05) is 6.54 Å². The molecule has 0 aromatic carbocycles. The van der Waals surface area contributed by atoms with E-state index in [0.29, 0.717) is 18.0 Å². The Morgan fingerprint density at radius 2 is 2.06 bits per heavy atom. The predicted octanol–water partition coefficient (Wildman–Crippen LogP) is 2.16. The Hall–Kier alpha value is -0.570. The third kappa shape index (κ3) is 3.01. The van der Waals surface area contributed by atoms with Crippen LogP contribution in [0.4, 0.5) is 0 Å². The zero-order chi connectivity index (χ0) is 12.4. The van der Waals surface area contributed by atoms with Gasteiger partial charge in [-0.1, -0.05) is 33.6 Å². The van der Waals surface area contributed by atoms with E-state index in [1.54, 1.807) is 0 Å². The maximum absolute atomic E-state index is 12.3. The summed E-state index contributed by atoms with van der Waals surface area (Å²) in [4.78, 5) is 14.5. The molecule has 1 aliphatic heterocycles. The quantitative estimate of drug-likeness (QED) is 0.817. The molecule has 3 atom stereocenters. The summed E-state index contributed by atoms with van der Waals surface area (Å²) in [7, 11) is 0. The number of likely N-dealkylation sites (tertiary alicyclic amines) is 1. The highest BCUT2D eigenvalue weighted by atomic mass is 16.2. The second kappa shape index (κ2) is 5.38. The molecular formula is C14H26N2O. The van der Waals surface area contributed by atoms with Crippen LogP contribution < -0.4 is 5.32 Å². The molecular weight excluding hydrogens is 212 g/mol. The number of nitrogens with zero attached hydrogens (tertiary/aromatic N) is 1. The molecule has 2 aliphatic rings. The van der Waals surface area contributed by atoms with Gasteiger partial charge in [-0.05, 0) is 25.2 Å². The lowest BCUT2D eigenvalue weighted by molar-refractivity contribution is -0.132. The summed E-state index contributed by atoms with van der Waals surface area (Å²) in [5, 5.41) is 3.38. The number of hydrogen-bond acceptors (Lipinski definition) is 2. The average molecular weight is 238 g/mol. The van der Waals surface area contributed by atoms with E-state index in [9.17, 15) is 4.79 Å². The number of carbonyl (C=O) groups is 1. The molecule has 0 radical (unpaired) electrons. The summed E-state index contributed by atoms with van der Waals surface area (Å²) < 4.78 is 0. The Labute approximate surface area is 105 Å². The average Bonchev–Trinajstić information content (AvgIpc) is 2.60. The molecule has 1 aliphatic carbocycles. The fourth-order valence-corrected chi connectivity index (χ4v) is 3.31. The third-order valence-electron chi connectivity index (χ3n) is 4.12. The molecule has 3 heteroatoms. The lowest BCUT2D eigenvalue weighted by Crippen LogP contribution is -2.45. The first kappa shape index (κ1) is 12.9. The van der Waals surface area contributed by atoms with Gasteiger partial charge in [0.2, 0.25) is 5.91 Å². The van der Waals surface area contributed by atoms with Crippen molar-refractivity contribution in [3.63, 3.8) is 0 Å². The van der Waals surface area contributed by atoms with Gasteiger partial charge in [0.05, 0.1) is 6.04 Å². The lowest BCUT2D eigenvalue weighted by atomic mass is 9.86. The molecule has 0 bridgehead atoms. The molecule has 1 saturated heterocycles. The highest BCUT2D eigenvalue weighted by Crippen LogP contribution is 2.29. The van der Waals surface area contributed by atoms with E-state index < -0.39 is 0 Å². The Kier molecular flexibility index (Phi) is 4.08. The normalized spacial score (nSPS) is 34.7. The summed E-state index contributed by atoms with van der Waals surface area (Å²) in [6.07, 6.45) is 6.04. The van der Waals surface area contributed by atoms with Crippen molar-refractivity contribution in [2.24, 2.45) is 5.92 Å². The smallest absolute Gasteiger partial charge is 0.240 e. The van der Waals surface area contributed by atoms with Crippen molar-refractivity contribution >= 4 is 5.91 Å². The fourth-order valence-electron chi connectivity index (χ4n) is 3.31. The summed E-state index contributed by atoms with van der Waals surface area (Å²) in [6.45, 7) is 7.49. The van der Waals surface area contributed by atoms with Crippen molar-refractivity contribution in [1.29, 1.82) is 0 Å². The maximum Gasteiger partial charge on any atom is 0.240 e. The van der Waals surface area contributed by atoms with Crippen molar-refractivity contribution < 1.29 is 4.79 Å². The zero-order valence-electron chi connectivity index (χ0n) is 11.4. The van der Waals surface area contributed by atoms with Gasteiger partial charge < -0.3 is 10.2 Å². The van der Waals surface area contributed by atoms with E-state index in [-0.39, 0.29) is 6.04 Å². The Bertz CT molecular complexity index is 277. The first-order chi connectivity index (χ1) is 8.08. The maximum atomic E-state index is 12.3. The molecule has 1 amide bonds. The molecule has 2 rings (SSSR count). The van der Waals surface area contributed by atoms with Crippen LogP contribution in [0.25, 0.3) is 0 Å². The molecule has 0 aromatic rings. The van der Waals surface area contributed by atoms with E-state index in [1.807, 2.05) is 0 Å². The predicted molar refractivity (Wildman–Crippen MR) is 69.8 cm³/mol. The number of carbonyl (C=O) groups excluding carboxylic acids is 1. The second-order valence-corrected chi connectivity index (χ2v) is 6.12. The van der Waals surface area contributed by atoms with Gasteiger partial charge in [-0.15, -0.1) is 0 Å². The van der Waals surface area contributed by atoms with Crippen LogP contribution in [-0.4, -0.2) is 35.5 Å². The molecule has 1 saturated carbocycles. The van der Waals surface area contributed by atoms with Crippen LogP contribution in [0.2, 0.25) is 0 Å². The SMILES string of the molecule is CC1CCCC(N2CCC(NC(C)C)C2=O)C1. The van der Waals surface area contributed by atoms with Gasteiger partial charge in [0, 0.05) is 18.6 Å². The summed E-state index contributed by atoms with van der Waals surface area (Å²) in [5.41, 5.74) is 0. The Morgan fingerprint density at radius 1 is 1.29 bits per heavy atom. The highest BCUT2D eigenvalue weighted by molar-refractivity contribution is 5.84. The van der Waals surface area contributed by atoms with Crippen molar-refractivity contribution in [3.8, 4) is 0 Å². The van der Waals surface area contributed by atoms with Crippen LogP contribution >= 0.6 is 0 Å². The van der Waals surface area contributed by atoms with Gasteiger partial charge in [-0.2, -0.15) is 0 Å². The molecule has 1 heterocycles. The third-order valence-corrected chi connectivity index (χ3v) is 4.12. The van der Waals surface area contributed by atoms with Crippen LogP contribution in [0.1, 0.15) is 52.9 Å². The highest BCUT2D eigenvalue weighted by Gasteiger charge is 2.37. The number of nitrogens with one attached hydrogen (secondary N) is 1. The van der Waals surface area contributed by atoms with Crippen molar-refractivity contribution in [3.05, 3.63) is 0 Å². The number of amides is 1. The van der Waals surface area contributed by atoms with Gasteiger partial charge in [0.15, 0.2) is 0 Å². The Balaban J connectivity index is 1.92. The molecule has 0 spiro atoms. The van der Waals surface area contributed by atoms with Crippen LogP contribution in [0, 0.1) is 5.92 Å². The molecule has 0 aromatic heterocycles. The molecule has 3 nitrogen and oxygen atoms in total. The largest absolute Gasteiger partial charge is 0.338 e. The van der Waals surface area contributed by atoms with Crippen LogP contribution in [0.15, 0.2) is 0 Å². The standard InChI is InChI=1S/C14H26N2O/c1-10(2)15-13-7-8-16(14(13)17)12-6-4-5-11(3)9-12/h10-13,15H,4-9H2,1-3H3. The molecule has 17 heavy (non-hydrogen) atoms. The minimum Gasteiger partial charge on any atom is -0.338 e. The van der Waals surface area contributed by atoms with E-state index in [1.165, 1.54) is 25.7 Å². The second-order valence-electron chi connectivity index (χ2n) is 6.12. The molecule has 2 fully saturated rings. The molecule has 1 N–H and O–H groups in total. The van der Waals surface area contributed by atoms with Gasteiger partial charge in [0.25, 0.3) is 0 Å². The van der Waals surface area contributed by atoms with E-state index in [4.69, 9.17) is 0 Å². The molecule has 3 unspecified atom stereocenters. The summed E-state index contributed by atoms with van der Waals surface area (Å²) in [6, 6.07) is 0.992. The number of hydrogen-bond donors (Lipinski definition) is 1. The van der Waals surface area contributed by atoms with E-state index in [2.05, 4.69) is 31.0 Å². The summed E-state index contributed by atoms with van der Waals surface area (Å²) >= 11 is 0. The Morgan fingerprint density at radius 3 is 2.71 bits per heavy atom. The van der Waals surface area contributed by atoms with E-state index in [0.717, 1.165) is 18.9 Å². The van der Waals surface area contributed by atoms with Crippen molar-refractivity contribution in [2.45, 2.75) is 71.0 Å². The minimum atomic E-state index is 0.0761. The topological polar surface area (TPSA) is 32.3 Å². The first-order valence-corrected chi connectivity index (χ1v) is 7.14. The fraction of sp³-hybridized carbons (Fsp3) is 0.929. The molecule has 98 valence electrons. The van der Waals surface area contributed by atoms with Gasteiger partial charge in [-0.25, -0.2) is 0 Å². The van der Waals surface area contributed by atoms with Gasteiger partial charge in [-0.3, -0.25) is 4.79 Å². The monoisotopic (exact) mass is 238 g/mol. The summed E-state index contributed by atoms with van der Waals surface area (Å²) in [5.74, 6) is 1.14. The lowest BCUT2D eigenvalue weighted by Gasteiger charge is -2.34. The van der Waals surface area contributed by atoms with Crippen LogP contribution in [-0.2, 0) is 4.79 Å². The minimum absolute atomic E-state index is 0.0761. The number of rotatable bonds is 3. The first-order valence-electron chi connectivity index (χ1n) is 7.14. The zero-order valence-corrected chi connectivity index (χ0v) is 11.4. The van der Waals surface area contributed by atoms with Gasteiger partial charge in [0.1, 0.15) is 0 Å².